The molecule has 2 nitrogen and oxygen atoms in total. The van der Waals surface area contributed by atoms with Gasteiger partial charge in [0, 0.05) is 10.6 Å². The summed E-state index contributed by atoms with van der Waals surface area (Å²) < 4.78 is 0. The fourth-order valence-electron chi connectivity index (χ4n) is 2.41. The Morgan fingerprint density at radius 1 is 1.00 bits per heavy atom. The van der Waals surface area contributed by atoms with Gasteiger partial charge in [0.05, 0.1) is 22.4 Å². The van der Waals surface area contributed by atoms with Gasteiger partial charge in [-0.1, -0.05) is 49.7 Å². The highest BCUT2D eigenvalue weighted by Crippen LogP contribution is 2.32. The van der Waals surface area contributed by atoms with Gasteiger partial charge in [-0.2, -0.15) is 0 Å². The van der Waals surface area contributed by atoms with E-state index in [9.17, 15) is 0 Å². The van der Waals surface area contributed by atoms with E-state index in [4.69, 9.17) is 21.6 Å². The van der Waals surface area contributed by atoms with Gasteiger partial charge in [-0.15, -0.1) is 0 Å². The van der Waals surface area contributed by atoms with Gasteiger partial charge in [0.15, 0.2) is 0 Å². The van der Waals surface area contributed by atoms with Crippen molar-refractivity contribution in [3.8, 4) is 0 Å². The number of hydrogen-bond donors (Lipinski definition) is 0. The van der Waals surface area contributed by atoms with Crippen molar-refractivity contribution < 1.29 is 0 Å². The van der Waals surface area contributed by atoms with Gasteiger partial charge < -0.3 is 0 Å². The monoisotopic (exact) mass is 300 g/mol. The molecule has 0 radical (unpaired) electrons. The first kappa shape index (κ1) is 15.7. The maximum Gasteiger partial charge on any atom is 0.0933 e. The van der Waals surface area contributed by atoms with Gasteiger partial charge in [-0.25, -0.2) is 9.97 Å². The molecule has 0 aliphatic heterocycles. The van der Waals surface area contributed by atoms with Gasteiger partial charge in [0.1, 0.15) is 0 Å². The molecule has 0 bridgehead atoms. The van der Waals surface area contributed by atoms with E-state index in [0.29, 0.717) is 0 Å². The van der Waals surface area contributed by atoms with Crippen LogP contribution >= 0.6 is 11.6 Å². The van der Waals surface area contributed by atoms with E-state index in [2.05, 4.69) is 25.1 Å². The van der Waals surface area contributed by atoms with Crippen molar-refractivity contribution in [3.63, 3.8) is 0 Å². The van der Waals surface area contributed by atoms with Crippen LogP contribution in [0.1, 0.15) is 43.6 Å². The predicted molar refractivity (Wildman–Crippen MR) is 91.5 cm³/mol. The lowest BCUT2D eigenvalue weighted by Gasteiger charge is -2.13. The molecular formula is C18H21ClN2. The summed E-state index contributed by atoms with van der Waals surface area (Å²) in [7, 11) is 0. The molecule has 3 rings (SSSR count). The zero-order chi connectivity index (χ0) is 15.4. The molecule has 1 aromatic heterocycles. The van der Waals surface area contributed by atoms with Crippen LogP contribution in [0.5, 0.6) is 0 Å². The second-order valence-corrected chi connectivity index (χ2v) is 5.25. The Bertz CT molecular complexity index is 714. The van der Waals surface area contributed by atoms with Crippen LogP contribution in [0.2, 0.25) is 0 Å². The molecule has 0 saturated carbocycles. The first-order valence-electron chi connectivity index (χ1n) is 7.47. The summed E-state index contributed by atoms with van der Waals surface area (Å²) in [6.45, 7) is 8.05. The van der Waals surface area contributed by atoms with E-state index in [1.54, 1.807) is 0 Å². The Hall–Kier alpha value is -1.67. The molecule has 3 heteroatoms. The molecule has 21 heavy (non-hydrogen) atoms. The number of para-hydroxylation sites is 1. The number of hydrogen-bond acceptors (Lipinski definition) is 2. The number of aryl methyl sites for hydroxylation is 2. The summed E-state index contributed by atoms with van der Waals surface area (Å²) in [6.07, 6.45) is 6.22. The number of halogens is 1. The lowest BCUT2D eigenvalue weighted by atomic mass is 10.0. The van der Waals surface area contributed by atoms with Crippen LogP contribution in [0.4, 0.5) is 0 Å². The van der Waals surface area contributed by atoms with Crippen LogP contribution in [0.3, 0.4) is 0 Å². The number of benzene rings is 1. The van der Waals surface area contributed by atoms with Crippen molar-refractivity contribution in [1.82, 2.24) is 9.97 Å². The van der Waals surface area contributed by atoms with Gasteiger partial charge >= 0.3 is 0 Å². The minimum absolute atomic E-state index is 0.788. The number of rotatable bonds is 1. The summed E-state index contributed by atoms with van der Waals surface area (Å²) in [6, 6.07) is 6.07. The van der Waals surface area contributed by atoms with E-state index in [1.165, 1.54) is 0 Å². The van der Waals surface area contributed by atoms with Crippen LogP contribution in [-0.4, -0.2) is 9.97 Å². The predicted octanol–water partition coefficient (Wildman–Crippen LogP) is 5.57. The van der Waals surface area contributed by atoms with Gasteiger partial charge in [-0.3, -0.25) is 0 Å². The summed E-state index contributed by atoms with van der Waals surface area (Å²) in [5.74, 6) is 0. The molecule has 1 aromatic carbocycles. The fourth-order valence-corrected chi connectivity index (χ4v) is 2.69. The van der Waals surface area contributed by atoms with Crippen molar-refractivity contribution >= 4 is 28.2 Å². The highest BCUT2D eigenvalue weighted by Gasteiger charge is 2.15. The molecule has 2 aromatic rings. The molecule has 110 valence electrons. The van der Waals surface area contributed by atoms with E-state index in [0.717, 1.165) is 51.4 Å². The second kappa shape index (κ2) is 6.86. The number of fused-ring (bicyclic) bond motifs is 1. The first-order chi connectivity index (χ1) is 10.2. The normalized spacial score (nSPS) is 14.1. The standard InChI is InChI=1S/C16H15ClN2.C2H6/c1-10-6-5-9-14-15(10)18-11(2)16(19-14)12-7-3-4-8-13(12)17;1-2/h5-9H,3-4H2,1-2H3;1-2H3. The molecule has 1 aliphatic rings. The highest BCUT2D eigenvalue weighted by atomic mass is 35.5. The molecule has 0 spiro atoms. The van der Waals surface area contributed by atoms with Gasteiger partial charge in [-0.05, 0) is 38.3 Å². The third-order valence-electron chi connectivity index (χ3n) is 3.42. The molecule has 0 saturated heterocycles. The lowest BCUT2D eigenvalue weighted by Crippen LogP contribution is -2.01. The number of nitrogens with zero attached hydrogens (tertiary/aromatic N) is 2. The molecule has 0 amide bonds. The average Bonchev–Trinajstić information content (AvgIpc) is 2.51. The Kier molecular flexibility index (Phi) is 5.13. The minimum Gasteiger partial charge on any atom is -0.249 e. The molecule has 0 fully saturated rings. The zero-order valence-electron chi connectivity index (χ0n) is 13.1. The molecule has 1 aliphatic carbocycles. The quantitative estimate of drug-likeness (QED) is 0.687. The van der Waals surface area contributed by atoms with E-state index in [1.807, 2.05) is 32.9 Å². The summed E-state index contributed by atoms with van der Waals surface area (Å²) in [4.78, 5) is 9.45. The van der Waals surface area contributed by atoms with Crippen LogP contribution in [0.25, 0.3) is 16.6 Å². The second-order valence-electron chi connectivity index (χ2n) is 4.85. The SMILES string of the molecule is CC.Cc1nc2c(C)cccc2nc1C1=CCCC=C1Cl. The zero-order valence-corrected chi connectivity index (χ0v) is 13.8. The van der Waals surface area contributed by atoms with Crippen LogP contribution in [0.15, 0.2) is 35.4 Å². The summed E-state index contributed by atoms with van der Waals surface area (Å²) >= 11 is 6.30. The number of aromatic nitrogens is 2. The van der Waals surface area contributed by atoms with Crippen LogP contribution in [-0.2, 0) is 0 Å². The molecule has 1 heterocycles. The maximum absolute atomic E-state index is 6.30. The smallest absolute Gasteiger partial charge is 0.0933 e. The lowest BCUT2D eigenvalue weighted by molar-refractivity contribution is 1.03. The minimum atomic E-state index is 0.788. The summed E-state index contributed by atoms with van der Waals surface area (Å²) in [5, 5.41) is 0.788. The fraction of sp³-hybridized carbons (Fsp3) is 0.333. The summed E-state index contributed by atoms with van der Waals surface area (Å²) in [5.41, 5.74) is 5.90. The first-order valence-corrected chi connectivity index (χ1v) is 7.85. The molecule has 0 unspecified atom stereocenters. The maximum atomic E-state index is 6.30. The van der Waals surface area contributed by atoms with E-state index < -0.39 is 0 Å². The average molecular weight is 301 g/mol. The topological polar surface area (TPSA) is 25.8 Å². The van der Waals surface area contributed by atoms with Crippen molar-refractivity contribution in [3.05, 3.63) is 52.3 Å². The Morgan fingerprint density at radius 3 is 2.43 bits per heavy atom. The largest absolute Gasteiger partial charge is 0.249 e. The number of allylic oxidation sites excluding steroid dienone is 4. The van der Waals surface area contributed by atoms with Crippen molar-refractivity contribution in [2.24, 2.45) is 0 Å². The third kappa shape index (κ3) is 3.16. The molecule has 0 N–H and O–H groups in total. The van der Waals surface area contributed by atoms with E-state index in [-0.39, 0.29) is 0 Å². The van der Waals surface area contributed by atoms with Crippen molar-refractivity contribution in [2.45, 2.75) is 40.5 Å². The highest BCUT2D eigenvalue weighted by molar-refractivity contribution is 6.37. The van der Waals surface area contributed by atoms with Gasteiger partial charge in [0.25, 0.3) is 0 Å². The van der Waals surface area contributed by atoms with Gasteiger partial charge in [0.2, 0.25) is 0 Å². The Labute approximate surface area is 131 Å². The van der Waals surface area contributed by atoms with E-state index >= 15 is 0 Å². The van der Waals surface area contributed by atoms with Crippen molar-refractivity contribution in [1.29, 1.82) is 0 Å². The third-order valence-corrected chi connectivity index (χ3v) is 3.78. The molecule has 0 atom stereocenters. The Morgan fingerprint density at radius 2 is 1.71 bits per heavy atom. The Balaban J connectivity index is 0.000000774. The molecular weight excluding hydrogens is 280 g/mol. The van der Waals surface area contributed by atoms with Crippen LogP contribution in [0, 0.1) is 13.8 Å². The van der Waals surface area contributed by atoms with Crippen LogP contribution < -0.4 is 0 Å². The van der Waals surface area contributed by atoms with Crippen molar-refractivity contribution in [2.75, 3.05) is 0 Å².